The number of hydrogen-bond donors (Lipinski definition) is 0. The van der Waals surface area contributed by atoms with Crippen molar-refractivity contribution in [3.05, 3.63) is 81.0 Å². The summed E-state index contributed by atoms with van der Waals surface area (Å²) >= 11 is 15.2. The van der Waals surface area contributed by atoms with Crippen LogP contribution in [0.25, 0.3) is 10.6 Å². The van der Waals surface area contributed by atoms with Gasteiger partial charge >= 0.3 is 0 Å². The molecule has 0 fully saturated rings. The standard InChI is InChI=1S/C21H18Cl2N4S2/c1-2-27-19(11-14-3-7-16(22)8-4-14)25-26-21(27)29-13-18-12-28-20(24-18)15-5-9-17(23)10-6-15/h3-10,12H,2,11,13H2,1H3. The second-order valence-corrected chi connectivity index (χ2v) is 9.06. The van der Waals surface area contributed by atoms with Crippen molar-refractivity contribution >= 4 is 46.3 Å². The van der Waals surface area contributed by atoms with Crippen molar-refractivity contribution in [1.29, 1.82) is 0 Å². The Hall–Kier alpha value is -1.86. The predicted octanol–water partition coefficient (Wildman–Crippen LogP) is 6.61. The topological polar surface area (TPSA) is 43.6 Å². The Bertz CT molecular complexity index is 1090. The molecule has 0 aliphatic carbocycles. The summed E-state index contributed by atoms with van der Waals surface area (Å²) in [5, 5.41) is 14.3. The highest BCUT2D eigenvalue weighted by Gasteiger charge is 2.13. The second-order valence-electron chi connectivity index (χ2n) is 6.39. The number of nitrogens with zero attached hydrogens (tertiary/aromatic N) is 4. The maximum atomic E-state index is 5.98. The first-order valence-electron chi connectivity index (χ1n) is 9.12. The van der Waals surface area contributed by atoms with Gasteiger partial charge in [-0.15, -0.1) is 21.5 Å². The molecule has 0 aliphatic rings. The Labute approximate surface area is 187 Å². The quantitative estimate of drug-likeness (QED) is 0.291. The number of benzene rings is 2. The van der Waals surface area contributed by atoms with Crippen LogP contribution in [-0.4, -0.2) is 19.7 Å². The van der Waals surface area contributed by atoms with Crippen molar-refractivity contribution in [2.45, 2.75) is 30.8 Å². The van der Waals surface area contributed by atoms with Gasteiger partial charge in [-0.05, 0) is 36.8 Å². The van der Waals surface area contributed by atoms with Gasteiger partial charge in [0.05, 0.1) is 5.69 Å². The summed E-state index contributed by atoms with van der Waals surface area (Å²) in [6, 6.07) is 15.6. The van der Waals surface area contributed by atoms with Crippen LogP contribution in [0.4, 0.5) is 0 Å². The van der Waals surface area contributed by atoms with Crippen molar-refractivity contribution in [3.63, 3.8) is 0 Å². The van der Waals surface area contributed by atoms with E-state index in [2.05, 4.69) is 27.1 Å². The van der Waals surface area contributed by atoms with Crippen LogP contribution in [0.5, 0.6) is 0 Å². The van der Waals surface area contributed by atoms with E-state index in [4.69, 9.17) is 28.2 Å². The zero-order valence-electron chi connectivity index (χ0n) is 15.7. The summed E-state index contributed by atoms with van der Waals surface area (Å²) in [5.41, 5.74) is 3.28. The van der Waals surface area contributed by atoms with Gasteiger partial charge in [0.25, 0.3) is 0 Å². The third-order valence-electron chi connectivity index (χ3n) is 4.38. The SMILES string of the molecule is CCn1c(Cc2ccc(Cl)cc2)nnc1SCc1csc(-c2ccc(Cl)cc2)n1. The van der Waals surface area contributed by atoms with Crippen LogP contribution >= 0.6 is 46.3 Å². The van der Waals surface area contributed by atoms with Gasteiger partial charge in [0.1, 0.15) is 10.8 Å². The molecule has 0 atom stereocenters. The minimum atomic E-state index is 0.731. The first kappa shape index (κ1) is 20.4. The van der Waals surface area contributed by atoms with E-state index in [1.807, 2.05) is 48.5 Å². The van der Waals surface area contributed by atoms with Crippen molar-refractivity contribution in [3.8, 4) is 10.6 Å². The lowest BCUT2D eigenvalue weighted by Gasteiger charge is -2.07. The molecule has 2 aromatic heterocycles. The Balaban J connectivity index is 1.44. The van der Waals surface area contributed by atoms with Crippen LogP contribution in [0.3, 0.4) is 0 Å². The highest BCUT2D eigenvalue weighted by atomic mass is 35.5. The minimum absolute atomic E-state index is 0.731. The zero-order valence-corrected chi connectivity index (χ0v) is 18.8. The Kier molecular flexibility index (Phi) is 6.55. The normalized spacial score (nSPS) is 11.1. The number of rotatable bonds is 7. The van der Waals surface area contributed by atoms with E-state index in [1.165, 1.54) is 5.56 Å². The van der Waals surface area contributed by atoms with Crippen LogP contribution < -0.4 is 0 Å². The number of thioether (sulfide) groups is 1. The molecule has 29 heavy (non-hydrogen) atoms. The monoisotopic (exact) mass is 460 g/mol. The van der Waals surface area contributed by atoms with Crippen LogP contribution in [-0.2, 0) is 18.7 Å². The Morgan fingerprint density at radius 3 is 2.34 bits per heavy atom. The third-order valence-corrected chi connectivity index (χ3v) is 6.82. The van der Waals surface area contributed by atoms with E-state index in [9.17, 15) is 0 Å². The lowest BCUT2D eigenvalue weighted by Crippen LogP contribution is -2.04. The highest BCUT2D eigenvalue weighted by molar-refractivity contribution is 7.98. The van der Waals surface area contributed by atoms with E-state index >= 15 is 0 Å². The number of aromatic nitrogens is 4. The fraction of sp³-hybridized carbons (Fsp3) is 0.190. The van der Waals surface area contributed by atoms with Gasteiger partial charge in [-0.3, -0.25) is 0 Å². The van der Waals surface area contributed by atoms with E-state index in [-0.39, 0.29) is 0 Å². The average molecular weight is 461 g/mol. The fourth-order valence-electron chi connectivity index (χ4n) is 2.90. The maximum Gasteiger partial charge on any atom is 0.191 e. The van der Waals surface area contributed by atoms with Crippen molar-refractivity contribution in [2.24, 2.45) is 0 Å². The molecule has 0 spiro atoms. The fourth-order valence-corrected chi connectivity index (χ4v) is 4.99. The summed E-state index contributed by atoms with van der Waals surface area (Å²) in [4.78, 5) is 4.75. The van der Waals surface area contributed by atoms with Gasteiger partial charge in [-0.25, -0.2) is 4.98 Å². The van der Waals surface area contributed by atoms with Gasteiger partial charge in [0.15, 0.2) is 5.16 Å². The summed E-state index contributed by atoms with van der Waals surface area (Å²) in [5.74, 6) is 1.71. The smallest absolute Gasteiger partial charge is 0.191 e. The number of thiazole rings is 1. The van der Waals surface area contributed by atoms with Crippen LogP contribution in [0.2, 0.25) is 10.0 Å². The molecule has 4 aromatic rings. The van der Waals surface area contributed by atoms with Crippen LogP contribution in [0, 0.1) is 0 Å². The molecule has 0 N–H and O–H groups in total. The van der Waals surface area contributed by atoms with Gasteiger partial charge in [-0.2, -0.15) is 0 Å². The van der Waals surface area contributed by atoms with Crippen molar-refractivity contribution in [2.75, 3.05) is 0 Å². The van der Waals surface area contributed by atoms with E-state index in [0.717, 1.165) is 56.0 Å². The molecule has 0 saturated carbocycles. The van der Waals surface area contributed by atoms with E-state index < -0.39 is 0 Å². The molecule has 4 nitrogen and oxygen atoms in total. The van der Waals surface area contributed by atoms with Gasteiger partial charge in [0.2, 0.25) is 0 Å². The van der Waals surface area contributed by atoms with E-state index in [1.54, 1.807) is 23.1 Å². The molecule has 0 aliphatic heterocycles. The first-order valence-corrected chi connectivity index (χ1v) is 11.7. The van der Waals surface area contributed by atoms with E-state index in [0.29, 0.717) is 0 Å². The Morgan fingerprint density at radius 1 is 0.966 bits per heavy atom. The molecule has 8 heteroatoms. The van der Waals surface area contributed by atoms with Crippen molar-refractivity contribution in [1.82, 2.24) is 19.7 Å². The molecular formula is C21H18Cl2N4S2. The van der Waals surface area contributed by atoms with Gasteiger partial charge < -0.3 is 4.57 Å². The number of hydrogen-bond acceptors (Lipinski definition) is 5. The van der Waals surface area contributed by atoms with Gasteiger partial charge in [0, 0.05) is 39.7 Å². The first-order chi connectivity index (χ1) is 14.1. The minimum Gasteiger partial charge on any atom is -0.306 e. The summed E-state index contributed by atoms with van der Waals surface area (Å²) in [6.07, 6.45) is 0.732. The molecule has 0 radical (unpaired) electrons. The number of halogens is 2. The van der Waals surface area contributed by atoms with Crippen molar-refractivity contribution < 1.29 is 0 Å². The summed E-state index contributed by atoms with van der Waals surface area (Å²) < 4.78 is 2.16. The Morgan fingerprint density at radius 2 is 1.66 bits per heavy atom. The second kappa shape index (κ2) is 9.30. The molecule has 2 aromatic carbocycles. The lowest BCUT2D eigenvalue weighted by atomic mass is 10.1. The molecule has 0 bridgehead atoms. The summed E-state index contributed by atoms with van der Waals surface area (Å²) in [7, 11) is 0. The largest absolute Gasteiger partial charge is 0.306 e. The molecule has 0 amide bonds. The maximum absolute atomic E-state index is 5.98. The molecular weight excluding hydrogens is 443 g/mol. The van der Waals surface area contributed by atoms with Gasteiger partial charge in [-0.1, -0.05) is 59.2 Å². The predicted molar refractivity (Wildman–Crippen MR) is 122 cm³/mol. The molecule has 148 valence electrons. The highest BCUT2D eigenvalue weighted by Crippen LogP contribution is 2.28. The molecule has 0 saturated heterocycles. The molecule has 4 rings (SSSR count). The molecule has 0 unspecified atom stereocenters. The average Bonchev–Trinajstić information content (AvgIpc) is 3.35. The summed E-state index contributed by atoms with van der Waals surface area (Å²) in [6.45, 7) is 2.94. The van der Waals surface area contributed by atoms with Crippen LogP contribution in [0.15, 0.2) is 59.1 Å². The molecule has 2 heterocycles. The lowest BCUT2D eigenvalue weighted by molar-refractivity contribution is 0.651. The van der Waals surface area contributed by atoms with Crippen LogP contribution in [0.1, 0.15) is 24.0 Å². The zero-order chi connectivity index (χ0) is 20.2. The third kappa shape index (κ3) is 5.01.